The van der Waals surface area contributed by atoms with E-state index in [4.69, 9.17) is 5.11 Å². The molecular weight excluding hydrogens is 170 g/mol. The number of aryl methyl sites for hydroxylation is 1. The Morgan fingerprint density at radius 3 is 2.62 bits per heavy atom. The highest BCUT2D eigenvalue weighted by molar-refractivity contribution is 5.75. The third kappa shape index (κ3) is 1.86. The van der Waals surface area contributed by atoms with Crippen LogP contribution in [0.15, 0.2) is 6.20 Å². The summed E-state index contributed by atoms with van der Waals surface area (Å²) >= 11 is 0. The number of aromatic amines is 1. The molecule has 1 unspecified atom stereocenters. The van der Waals surface area contributed by atoms with Crippen molar-refractivity contribution >= 4 is 5.97 Å². The van der Waals surface area contributed by atoms with Gasteiger partial charge >= 0.3 is 5.97 Å². The van der Waals surface area contributed by atoms with Crippen molar-refractivity contribution in [2.24, 2.45) is 0 Å². The topological polar surface area (TPSA) is 69.2 Å². The highest BCUT2D eigenvalue weighted by atomic mass is 16.4. The molecular formula is C8H13N3O2. The zero-order valence-corrected chi connectivity index (χ0v) is 7.90. The van der Waals surface area contributed by atoms with E-state index in [9.17, 15) is 4.79 Å². The average Bonchev–Trinajstić information content (AvgIpc) is 2.35. The number of nitrogens with zero attached hydrogens (tertiary/aromatic N) is 2. The number of rotatable bonds is 3. The van der Waals surface area contributed by atoms with E-state index in [1.165, 1.54) is 0 Å². The molecule has 5 nitrogen and oxygen atoms in total. The predicted octanol–water partition coefficient (Wildman–Crippen LogP) is 0.405. The molecule has 0 aliphatic heterocycles. The van der Waals surface area contributed by atoms with Crippen molar-refractivity contribution in [3.63, 3.8) is 0 Å². The van der Waals surface area contributed by atoms with Crippen LogP contribution in [0.5, 0.6) is 0 Å². The maximum atomic E-state index is 10.9. The lowest BCUT2D eigenvalue weighted by atomic mass is 10.1. The third-order valence-corrected chi connectivity index (χ3v) is 1.91. The summed E-state index contributed by atoms with van der Waals surface area (Å²) < 4.78 is 0. The molecule has 1 heterocycles. The Labute approximate surface area is 76.4 Å². The second-order valence-corrected chi connectivity index (χ2v) is 3.15. The van der Waals surface area contributed by atoms with Crippen molar-refractivity contribution in [3.05, 3.63) is 17.5 Å². The van der Waals surface area contributed by atoms with Gasteiger partial charge in [0.25, 0.3) is 0 Å². The molecule has 0 fully saturated rings. The Morgan fingerprint density at radius 1 is 1.69 bits per heavy atom. The van der Waals surface area contributed by atoms with E-state index in [1.54, 1.807) is 25.2 Å². The number of carboxylic acids is 1. The molecule has 0 amide bonds. The van der Waals surface area contributed by atoms with Crippen molar-refractivity contribution in [2.45, 2.75) is 13.0 Å². The average molecular weight is 183 g/mol. The van der Waals surface area contributed by atoms with Crippen LogP contribution in [0.3, 0.4) is 0 Å². The van der Waals surface area contributed by atoms with E-state index in [-0.39, 0.29) is 0 Å². The first kappa shape index (κ1) is 9.73. The van der Waals surface area contributed by atoms with Crippen molar-refractivity contribution < 1.29 is 9.90 Å². The van der Waals surface area contributed by atoms with Gasteiger partial charge in [-0.15, -0.1) is 0 Å². The fourth-order valence-electron chi connectivity index (χ4n) is 1.27. The fourth-order valence-corrected chi connectivity index (χ4v) is 1.27. The lowest BCUT2D eigenvalue weighted by Crippen LogP contribution is -2.27. The summed E-state index contributed by atoms with van der Waals surface area (Å²) in [6, 6.07) is -0.626. The lowest BCUT2D eigenvalue weighted by molar-refractivity contribution is -0.142. The van der Waals surface area contributed by atoms with Crippen LogP contribution in [0.25, 0.3) is 0 Å². The number of carboxylic acid groups (broad SMARTS) is 1. The van der Waals surface area contributed by atoms with E-state index >= 15 is 0 Å². The van der Waals surface area contributed by atoms with Gasteiger partial charge in [-0.1, -0.05) is 0 Å². The van der Waals surface area contributed by atoms with E-state index in [1.807, 2.05) is 6.92 Å². The van der Waals surface area contributed by atoms with E-state index in [2.05, 4.69) is 10.2 Å². The molecule has 1 aromatic rings. The second kappa shape index (κ2) is 3.57. The van der Waals surface area contributed by atoms with Gasteiger partial charge in [-0.05, 0) is 21.0 Å². The zero-order valence-electron chi connectivity index (χ0n) is 7.90. The molecule has 0 aromatic carbocycles. The standard InChI is InChI=1S/C8H13N3O2/c1-5-6(4-9-10-5)7(8(12)13)11(2)3/h4,7H,1-3H3,(H,9,10)(H,12,13). The van der Waals surface area contributed by atoms with Crippen molar-refractivity contribution in [1.82, 2.24) is 15.1 Å². The summed E-state index contributed by atoms with van der Waals surface area (Å²) in [4.78, 5) is 12.5. The molecule has 0 bridgehead atoms. The normalized spacial score (nSPS) is 13.2. The molecule has 5 heteroatoms. The Morgan fingerprint density at radius 2 is 2.31 bits per heavy atom. The number of carbonyl (C=O) groups is 1. The number of aliphatic carboxylic acids is 1. The van der Waals surface area contributed by atoms with Gasteiger partial charge in [-0.25, -0.2) is 0 Å². The number of H-pyrrole nitrogens is 1. The number of hydrogen-bond acceptors (Lipinski definition) is 3. The van der Waals surface area contributed by atoms with Crippen molar-refractivity contribution in [3.8, 4) is 0 Å². The predicted molar refractivity (Wildman–Crippen MR) is 47.4 cm³/mol. The summed E-state index contributed by atoms with van der Waals surface area (Å²) in [5.74, 6) is -0.866. The van der Waals surface area contributed by atoms with Crippen molar-refractivity contribution in [2.75, 3.05) is 14.1 Å². The molecule has 1 aromatic heterocycles. The van der Waals surface area contributed by atoms with Gasteiger partial charge < -0.3 is 5.11 Å². The highest BCUT2D eigenvalue weighted by Crippen LogP contribution is 2.19. The first-order valence-corrected chi connectivity index (χ1v) is 3.93. The van der Waals surface area contributed by atoms with Crippen LogP contribution in [-0.2, 0) is 4.79 Å². The van der Waals surface area contributed by atoms with Gasteiger partial charge in [0.05, 0.1) is 6.20 Å². The van der Waals surface area contributed by atoms with Crippen molar-refractivity contribution in [1.29, 1.82) is 0 Å². The van der Waals surface area contributed by atoms with E-state index in [0.717, 1.165) is 5.69 Å². The number of likely N-dealkylation sites (N-methyl/N-ethyl adjacent to an activating group) is 1. The first-order valence-electron chi connectivity index (χ1n) is 3.93. The van der Waals surface area contributed by atoms with Crippen LogP contribution in [-0.4, -0.2) is 40.3 Å². The second-order valence-electron chi connectivity index (χ2n) is 3.15. The molecule has 72 valence electrons. The highest BCUT2D eigenvalue weighted by Gasteiger charge is 2.24. The van der Waals surface area contributed by atoms with Gasteiger partial charge in [0.15, 0.2) is 0 Å². The minimum Gasteiger partial charge on any atom is -0.480 e. The van der Waals surface area contributed by atoms with E-state index < -0.39 is 12.0 Å². The summed E-state index contributed by atoms with van der Waals surface area (Å²) in [7, 11) is 3.45. The quantitative estimate of drug-likeness (QED) is 0.712. The SMILES string of the molecule is Cc1[nH]ncc1C(C(=O)O)N(C)C. The van der Waals surface area contributed by atoms with Gasteiger partial charge in [0.2, 0.25) is 0 Å². The van der Waals surface area contributed by atoms with Crippen LogP contribution < -0.4 is 0 Å². The summed E-state index contributed by atoms with van der Waals surface area (Å²) in [5.41, 5.74) is 1.50. The minimum atomic E-state index is -0.866. The van der Waals surface area contributed by atoms with Crippen LogP contribution in [0.1, 0.15) is 17.3 Å². The fraction of sp³-hybridized carbons (Fsp3) is 0.500. The molecule has 0 aliphatic rings. The maximum absolute atomic E-state index is 10.9. The third-order valence-electron chi connectivity index (χ3n) is 1.91. The Bertz CT molecular complexity index is 306. The van der Waals surface area contributed by atoms with E-state index in [0.29, 0.717) is 5.56 Å². The zero-order chi connectivity index (χ0) is 10.0. The van der Waals surface area contributed by atoms with Gasteiger partial charge in [0.1, 0.15) is 6.04 Å². The van der Waals surface area contributed by atoms with Crippen LogP contribution in [0.4, 0.5) is 0 Å². The molecule has 2 N–H and O–H groups in total. The Kier molecular flexibility index (Phi) is 2.67. The molecule has 0 spiro atoms. The van der Waals surface area contributed by atoms with Crippen LogP contribution in [0, 0.1) is 6.92 Å². The Balaban J connectivity index is 3.02. The first-order chi connectivity index (χ1) is 6.04. The molecule has 0 saturated carbocycles. The maximum Gasteiger partial charge on any atom is 0.325 e. The monoisotopic (exact) mass is 183 g/mol. The molecule has 13 heavy (non-hydrogen) atoms. The Hall–Kier alpha value is -1.36. The summed E-state index contributed by atoms with van der Waals surface area (Å²) in [6.07, 6.45) is 1.55. The lowest BCUT2D eigenvalue weighted by Gasteiger charge is -2.19. The summed E-state index contributed by atoms with van der Waals surface area (Å²) in [5, 5.41) is 15.5. The number of hydrogen-bond donors (Lipinski definition) is 2. The molecule has 0 aliphatic carbocycles. The molecule has 0 radical (unpaired) electrons. The smallest absolute Gasteiger partial charge is 0.325 e. The van der Waals surface area contributed by atoms with Crippen LogP contribution in [0.2, 0.25) is 0 Å². The van der Waals surface area contributed by atoms with Crippen LogP contribution >= 0.6 is 0 Å². The van der Waals surface area contributed by atoms with Gasteiger partial charge in [-0.2, -0.15) is 5.10 Å². The molecule has 1 rings (SSSR count). The molecule has 0 saturated heterocycles. The van der Waals surface area contributed by atoms with Gasteiger partial charge in [0, 0.05) is 11.3 Å². The summed E-state index contributed by atoms with van der Waals surface area (Å²) in [6.45, 7) is 1.81. The number of aromatic nitrogens is 2. The van der Waals surface area contributed by atoms with Gasteiger partial charge in [-0.3, -0.25) is 14.8 Å². The number of nitrogens with one attached hydrogen (secondary N) is 1. The molecule has 1 atom stereocenters. The largest absolute Gasteiger partial charge is 0.480 e. The minimum absolute atomic E-state index is 0.626.